The van der Waals surface area contributed by atoms with Gasteiger partial charge in [-0.1, -0.05) is 0 Å². The molecule has 4 atom stereocenters. The molecule has 2 rings (SSSR count). The zero-order chi connectivity index (χ0) is 11.0. The summed E-state index contributed by atoms with van der Waals surface area (Å²) < 4.78 is 0. The van der Waals surface area contributed by atoms with Gasteiger partial charge in [0.15, 0.2) is 0 Å². The minimum Gasteiger partial charge on any atom is -0.294 e. The van der Waals surface area contributed by atoms with Crippen molar-refractivity contribution in [2.24, 2.45) is 35.4 Å². The lowest BCUT2D eigenvalue weighted by molar-refractivity contribution is -0.131. The largest absolute Gasteiger partial charge is 0.294 e. The third-order valence-corrected chi connectivity index (χ3v) is 3.81. The number of carbonyl (C=O) groups excluding carboxylic acids is 2. The van der Waals surface area contributed by atoms with Crippen LogP contribution in [0.3, 0.4) is 0 Å². The lowest BCUT2D eigenvalue weighted by atomic mass is 9.81. The van der Waals surface area contributed by atoms with E-state index in [4.69, 9.17) is 11.7 Å². The molecule has 2 fully saturated rings. The number of rotatable bonds is 2. The maximum atomic E-state index is 11.4. The van der Waals surface area contributed by atoms with Gasteiger partial charge >= 0.3 is 0 Å². The molecule has 0 heterocycles. The van der Waals surface area contributed by atoms with E-state index in [0.717, 1.165) is 19.3 Å². The summed E-state index contributed by atoms with van der Waals surface area (Å²) in [7, 11) is 0. The van der Waals surface area contributed by atoms with Gasteiger partial charge in [0.05, 0.1) is 0 Å². The fourth-order valence-corrected chi connectivity index (χ4v) is 3.13. The highest BCUT2D eigenvalue weighted by atomic mass is 16.2. The smallest absolute Gasteiger partial charge is 0.237 e. The lowest BCUT2D eigenvalue weighted by Crippen LogP contribution is -2.42. The van der Waals surface area contributed by atoms with Crippen molar-refractivity contribution in [3.8, 4) is 0 Å². The number of amides is 2. The van der Waals surface area contributed by atoms with E-state index in [9.17, 15) is 9.59 Å². The number of hydrogen-bond donors (Lipinski definition) is 4. The van der Waals surface area contributed by atoms with Crippen LogP contribution in [0.25, 0.3) is 0 Å². The molecule has 0 aromatic carbocycles. The summed E-state index contributed by atoms with van der Waals surface area (Å²) in [4.78, 5) is 22.8. The fraction of sp³-hybridized carbons (Fsp3) is 0.778. The Bertz CT molecular complexity index is 266. The minimum atomic E-state index is -0.103. The standard InChI is InChI=1S/C9H16N4O2/c10-12-8(14)6-2-4-1-5(6)3-7(4)9(15)13-11/h4-7H,1-3,10-11H2,(H,12,14)(H,13,15)/t4-,5-,6+,7+/m1/s1. The van der Waals surface area contributed by atoms with E-state index < -0.39 is 0 Å². The van der Waals surface area contributed by atoms with Crippen molar-refractivity contribution in [1.82, 2.24) is 10.9 Å². The first-order valence-electron chi connectivity index (χ1n) is 5.18. The van der Waals surface area contributed by atoms with Gasteiger partial charge in [0.2, 0.25) is 11.8 Å². The second-order valence-electron chi connectivity index (χ2n) is 4.46. The fourth-order valence-electron chi connectivity index (χ4n) is 3.13. The predicted molar refractivity (Wildman–Crippen MR) is 52.5 cm³/mol. The molecule has 0 unspecified atom stereocenters. The van der Waals surface area contributed by atoms with E-state index in [1.54, 1.807) is 0 Å². The van der Waals surface area contributed by atoms with Crippen LogP contribution >= 0.6 is 0 Å². The Morgan fingerprint density at radius 3 is 1.53 bits per heavy atom. The first kappa shape index (κ1) is 10.4. The van der Waals surface area contributed by atoms with Crippen molar-refractivity contribution in [2.75, 3.05) is 0 Å². The summed E-state index contributed by atoms with van der Waals surface area (Å²) in [5, 5.41) is 0. The van der Waals surface area contributed by atoms with Crippen LogP contribution in [0.15, 0.2) is 0 Å². The highest BCUT2D eigenvalue weighted by Crippen LogP contribution is 2.51. The average Bonchev–Trinajstić information content (AvgIpc) is 2.85. The molecular formula is C9H16N4O2. The van der Waals surface area contributed by atoms with Crippen molar-refractivity contribution in [1.29, 1.82) is 0 Å². The number of hydrazine groups is 2. The van der Waals surface area contributed by atoms with Gasteiger partial charge < -0.3 is 0 Å². The second-order valence-corrected chi connectivity index (χ2v) is 4.46. The minimum absolute atomic E-state index is 0.0122. The van der Waals surface area contributed by atoms with Gasteiger partial charge in [-0.05, 0) is 31.1 Å². The first-order chi connectivity index (χ1) is 7.17. The van der Waals surface area contributed by atoms with Gasteiger partial charge in [-0.2, -0.15) is 0 Å². The Balaban J connectivity index is 2.00. The molecule has 84 valence electrons. The van der Waals surface area contributed by atoms with Crippen LogP contribution in [0.4, 0.5) is 0 Å². The summed E-state index contributed by atoms with van der Waals surface area (Å²) in [5.74, 6) is 10.6. The number of nitrogens with one attached hydrogen (secondary N) is 2. The van der Waals surface area contributed by atoms with Crippen LogP contribution in [0.5, 0.6) is 0 Å². The van der Waals surface area contributed by atoms with E-state index in [2.05, 4.69) is 10.9 Å². The molecule has 2 saturated carbocycles. The molecule has 15 heavy (non-hydrogen) atoms. The Morgan fingerprint density at radius 1 is 0.867 bits per heavy atom. The molecule has 0 saturated heterocycles. The van der Waals surface area contributed by atoms with E-state index in [-0.39, 0.29) is 23.7 Å². The zero-order valence-electron chi connectivity index (χ0n) is 8.40. The normalized spacial score (nSPS) is 37.7. The molecule has 6 N–H and O–H groups in total. The summed E-state index contributed by atoms with van der Waals surface area (Å²) in [5.41, 5.74) is 4.37. The summed E-state index contributed by atoms with van der Waals surface area (Å²) in [6.45, 7) is 0. The Morgan fingerprint density at radius 2 is 1.27 bits per heavy atom. The van der Waals surface area contributed by atoms with Gasteiger partial charge in [-0.25, -0.2) is 11.7 Å². The van der Waals surface area contributed by atoms with E-state index in [1.807, 2.05) is 0 Å². The van der Waals surface area contributed by atoms with Crippen LogP contribution in [0, 0.1) is 23.7 Å². The number of carbonyl (C=O) groups is 2. The predicted octanol–water partition coefficient (Wildman–Crippen LogP) is -1.37. The zero-order valence-corrected chi connectivity index (χ0v) is 8.40. The SMILES string of the molecule is NNC(=O)[C@H]1C[C@H]2C[C@@H]1C[C@@H]2C(=O)NN. The van der Waals surface area contributed by atoms with Crippen LogP contribution < -0.4 is 22.5 Å². The van der Waals surface area contributed by atoms with Gasteiger partial charge in [0, 0.05) is 11.8 Å². The van der Waals surface area contributed by atoms with Crippen molar-refractivity contribution >= 4 is 11.8 Å². The summed E-state index contributed by atoms with van der Waals surface area (Å²) >= 11 is 0. The summed E-state index contributed by atoms with van der Waals surface area (Å²) in [6.07, 6.45) is 2.45. The Labute approximate surface area is 87.7 Å². The van der Waals surface area contributed by atoms with Crippen LogP contribution in [0.2, 0.25) is 0 Å². The highest BCUT2D eigenvalue weighted by molar-refractivity contribution is 5.82. The van der Waals surface area contributed by atoms with Crippen LogP contribution in [0.1, 0.15) is 19.3 Å². The van der Waals surface area contributed by atoms with E-state index in [0.29, 0.717) is 11.8 Å². The van der Waals surface area contributed by atoms with Crippen molar-refractivity contribution < 1.29 is 9.59 Å². The third-order valence-electron chi connectivity index (χ3n) is 3.81. The first-order valence-corrected chi connectivity index (χ1v) is 5.18. The van der Waals surface area contributed by atoms with Crippen molar-refractivity contribution in [3.63, 3.8) is 0 Å². The Kier molecular flexibility index (Phi) is 2.62. The third kappa shape index (κ3) is 1.59. The van der Waals surface area contributed by atoms with Gasteiger partial charge in [-0.15, -0.1) is 0 Å². The van der Waals surface area contributed by atoms with Crippen LogP contribution in [-0.4, -0.2) is 11.8 Å². The van der Waals surface area contributed by atoms with Gasteiger partial charge in [0.25, 0.3) is 0 Å². The molecule has 2 aliphatic carbocycles. The Hall–Kier alpha value is -1.14. The van der Waals surface area contributed by atoms with Crippen molar-refractivity contribution in [2.45, 2.75) is 19.3 Å². The number of fused-ring (bicyclic) bond motifs is 2. The van der Waals surface area contributed by atoms with Gasteiger partial charge in [0.1, 0.15) is 0 Å². The molecule has 2 aliphatic rings. The highest BCUT2D eigenvalue weighted by Gasteiger charge is 2.50. The topological polar surface area (TPSA) is 110 Å². The number of hydrogen-bond acceptors (Lipinski definition) is 4. The molecule has 0 radical (unpaired) electrons. The lowest BCUT2D eigenvalue weighted by Gasteiger charge is -2.25. The molecule has 0 spiro atoms. The number of nitrogens with two attached hydrogens (primary N) is 2. The summed E-state index contributed by atoms with van der Waals surface area (Å²) in [6, 6.07) is 0. The maximum Gasteiger partial charge on any atom is 0.237 e. The second kappa shape index (κ2) is 3.79. The van der Waals surface area contributed by atoms with Crippen LogP contribution in [-0.2, 0) is 9.59 Å². The molecule has 0 aromatic rings. The quantitative estimate of drug-likeness (QED) is 0.257. The molecule has 6 heteroatoms. The maximum absolute atomic E-state index is 11.4. The van der Waals surface area contributed by atoms with Gasteiger partial charge in [-0.3, -0.25) is 20.4 Å². The van der Waals surface area contributed by atoms with E-state index in [1.165, 1.54) is 0 Å². The molecule has 0 aromatic heterocycles. The van der Waals surface area contributed by atoms with Crippen molar-refractivity contribution in [3.05, 3.63) is 0 Å². The monoisotopic (exact) mass is 212 g/mol. The molecule has 0 aliphatic heterocycles. The van der Waals surface area contributed by atoms with E-state index >= 15 is 0 Å². The molecular weight excluding hydrogens is 196 g/mol. The molecule has 6 nitrogen and oxygen atoms in total. The molecule has 2 bridgehead atoms. The average molecular weight is 212 g/mol. The molecule has 2 amide bonds.